The van der Waals surface area contributed by atoms with Crippen molar-refractivity contribution < 1.29 is 0 Å². The molecule has 11 aromatic rings. The third-order valence-electron chi connectivity index (χ3n) is 15.3. The number of benzene rings is 11. The Balaban J connectivity index is 1.12. The topological polar surface area (TPSA) is 3.24 Å². The number of anilines is 3. The fourth-order valence-electron chi connectivity index (χ4n) is 12.6. The SMILES string of the molecule is c1ccc(-c2cccc(N(c3ccc4c(c3)C(c3ccccc3)(c3ccccc3)c3ccccc3-4)c3cc(-c4ccccc4)cc4c3-c3ccccc3C43c4ccccc4-c4ccccc43)c2)cc1. The highest BCUT2D eigenvalue weighted by atomic mass is 15.1. The minimum absolute atomic E-state index is 0.536. The van der Waals surface area contributed by atoms with E-state index >= 15 is 0 Å². The van der Waals surface area contributed by atoms with Crippen molar-refractivity contribution in [2.24, 2.45) is 0 Å². The summed E-state index contributed by atoms with van der Waals surface area (Å²) in [6, 6.07) is 102. The quantitative estimate of drug-likeness (QED) is 0.154. The molecular weight excluding hydrogens is 831 g/mol. The third kappa shape index (κ3) is 5.59. The first kappa shape index (κ1) is 39.4. The van der Waals surface area contributed by atoms with Crippen LogP contribution in [0.5, 0.6) is 0 Å². The lowest BCUT2D eigenvalue weighted by molar-refractivity contribution is 0.768. The van der Waals surface area contributed by atoms with Gasteiger partial charge in [-0.15, -0.1) is 0 Å². The van der Waals surface area contributed by atoms with E-state index in [1.54, 1.807) is 0 Å². The maximum atomic E-state index is 2.57. The van der Waals surface area contributed by atoms with Gasteiger partial charge in [-0.3, -0.25) is 0 Å². The molecule has 0 fully saturated rings. The van der Waals surface area contributed by atoms with Crippen molar-refractivity contribution in [2.75, 3.05) is 4.90 Å². The van der Waals surface area contributed by atoms with Crippen LogP contribution >= 0.6 is 0 Å². The lowest BCUT2D eigenvalue weighted by Crippen LogP contribution is -2.28. The van der Waals surface area contributed by atoms with Crippen LogP contribution in [0.25, 0.3) is 55.6 Å². The molecule has 0 aromatic heterocycles. The maximum absolute atomic E-state index is 2.57. The molecule has 0 unspecified atom stereocenters. The fourth-order valence-corrected chi connectivity index (χ4v) is 12.6. The van der Waals surface area contributed by atoms with Crippen LogP contribution in [0.2, 0.25) is 0 Å². The highest BCUT2D eigenvalue weighted by Gasteiger charge is 2.53. The number of nitrogens with zero attached hydrogens (tertiary/aromatic N) is 1. The zero-order chi connectivity index (χ0) is 45.5. The van der Waals surface area contributed by atoms with E-state index in [2.05, 4.69) is 278 Å². The van der Waals surface area contributed by atoms with Gasteiger partial charge in [0.05, 0.1) is 16.5 Å². The van der Waals surface area contributed by atoms with Gasteiger partial charge in [-0.25, -0.2) is 0 Å². The molecular formula is C68H45N. The standard InChI is InChI=1S/C68H45N/c1-5-22-46(23-6-1)48-26-21-31-52(42-48)69(53-40-41-57-56-34-13-17-36-59(56)67(63(57)45-53,50-27-9-3-10-28-50)51-29-11-4-12-30-51)65-44-49(47-24-7-2-8-25-47)43-64-66(65)58-35-16-20-39-62(58)68(64)60-37-18-14-32-54(60)55-33-15-19-38-61(55)68/h1-45H. The molecule has 0 N–H and O–H groups in total. The first-order chi connectivity index (χ1) is 34.2. The molecule has 14 rings (SSSR count). The predicted octanol–water partition coefficient (Wildman–Crippen LogP) is 17.2. The van der Waals surface area contributed by atoms with Crippen LogP contribution in [-0.2, 0) is 10.8 Å². The molecule has 69 heavy (non-hydrogen) atoms. The summed E-state index contributed by atoms with van der Waals surface area (Å²) in [4.78, 5) is 2.57. The third-order valence-corrected chi connectivity index (χ3v) is 15.3. The summed E-state index contributed by atoms with van der Waals surface area (Å²) >= 11 is 0. The molecule has 3 aliphatic carbocycles. The molecule has 3 aliphatic rings. The van der Waals surface area contributed by atoms with Gasteiger partial charge in [-0.2, -0.15) is 0 Å². The number of fused-ring (bicyclic) bond motifs is 13. The summed E-state index contributed by atoms with van der Waals surface area (Å²) < 4.78 is 0. The van der Waals surface area contributed by atoms with E-state index in [9.17, 15) is 0 Å². The number of hydrogen-bond acceptors (Lipinski definition) is 1. The minimum Gasteiger partial charge on any atom is -0.310 e. The predicted molar refractivity (Wildman–Crippen MR) is 286 cm³/mol. The van der Waals surface area contributed by atoms with Gasteiger partial charge in [-0.1, -0.05) is 237 Å². The Hall–Kier alpha value is -8.78. The van der Waals surface area contributed by atoms with Crippen molar-refractivity contribution in [1.29, 1.82) is 0 Å². The van der Waals surface area contributed by atoms with E-state index in [1.165, 1.54) is 100 Å². The van der Waals surface area contributed by atoms with Crippen molar-refractivity contribution in [3.05, 3.63) is 317 Å². The van der Waals surface area contributed by atoms with Crippen molar-refractivity contribution >= 4 is 17.1 Å². The molecule has 11 aromatic carbocycles. The Labute approximate surface area is 403 Å². The number of rotatable bonds is 7. The van der Waals surface area contributed by atoms with Crippen molar-refractivity contribution in [2.45, 2.75) is 10.8 Å². The van der Waals surface area contributed by atoms with E-state index < -0.39 is 10.8 Å². The van der Waals surface area contributed by atoms with Gasteiger partial charge in [-0.05, 0) is 131 Å². The summed E-state index contributed by atoms with van der Waals surface area (Å²) in [6.45, 7) is 0. The van der Waals surface area contributed by atoms with Crippen LogP contribution in [-0.4, -0.2) is 0 Å². The smallest absolute Gasteiger partial charge is 0.0726 e. The second-order valence-corrected chi connectivity index (χ2v) is 18.7. The highest BCUT2D eigenvalue weighted by Crippen LogP contribution is 2.66. The molecule has 0 aliphatic heterocycles. The molecule has 0 bridgehead atoms. The summed E-state index contributed by atoms with van der Waals surface area (Å²) in [5.41, 5.74) is 24.9. The summed E-state index contributed by atoms with van der Waals surface area (Å²) in [5.74, 6) is 0. The molecule has 0 heterocycles. The average Bonchev–Trinajstić information content (AvgIpc) is 4.02. The Morgan fingerprint density at radius 3 is 1.22 bits per heavy atom. The average molecular weight is 876 g/mol. The van der Waals surface area contributed by atoms with Crippen LogP contribution in [0.4, 0.5) is 17.1 Å². The molecule has 0 radical (unpaired) electrons. The molecule has 322 valence electrons. The molecule has 1 heteroatoms. The van der Waals surface area contributed by atoms with Crippen LogP contribution in [0.1, 0.15) is 44.5 Å². The summed E-state index contributed by atoms with van der Waals surface area (Å²) in [5, 5.41) is 0. The van der Waals surface area contributed by atoms with Gasteiger partial charge in [0.1, 0.15) is 0 Å². The molecule has 0 atom stereocenters. The second-order valence-electron chi connectivity index (χ2n) is 18.7. The van der Waals surface area contributed by atoms with Gasteiger partial charge in [0.2, 0.25) is 0 Å². The van der Waals surface area contributed by atoms with Gasteiger partial charge < -0.3 is 4.90 Å². The van der Waals surface area contributed by atoms with E-state index in [1.807, 2.05) is 0 Å². The van der Waals surface area contributed by atoms with E-state index in [0.29, 0.717) is 0 Å². The zero-order valence-electron chi connectivity index (χ0n) is 37.9. The van der Waals surface area contributed by atoms with Gasteiger partial charge in [0.15, 0.2) is 0 Å². The Kier molecular flexibility index (Phi) is 8.78. The molecule has 1 spiro atoms. The Morgan fingerprint density at radius 2 is 0.652 bits per heavy atom. The first-order valence-electron chi connectivity index (χ1n) is 24.1. The molecule has 0 saturated heterocycles. The minimum atomic E-state index is -0.566. The normalized spacial score (nSPS) is 13.7. The molecule has 0 amide bonds. The lowest BCUT2D eigenvalue weighted by atomic mass is 9.67. The van der Waals surface area contributed by atoms with Crippen LogP contribution in [0.3, 0.4) is 0 Å². The Bertz CT molecular complexity index is 3690. The van der Waals surface area contributed by atoms with E-state index in [-0.39, 0.29) is 0 Å². The molecule has 1 nitrogen and oxygen atoms in total. The fraction of sp³-hybridized carbons (Fsp3) is 0.0294. The van der Waals surface area contributed by atoms with Crippen LogP contribution in [0, 0.1) is 0 Å². The Morgan fingerprint density at radius 1 is 0.232 bits per heavy atom. The van der Waals surface area contributed by atoms with Gasteiger partial charge in [0, 0.05) is 16.9 Å². The van der Waals surface area contributed by atoms with Crippen LogP contribution < -0.4 is 4.90 Å². The van der Waals surface area contributed by atoms with Crippen molar-refractivity contribution in [1.82, 2.24) is 0 Å². The highest BCUT2D eigenvalue weighted by molar-refractivity contribution is 6.03. The van der Waals surface area contributed by atoms with Crippen molar-refractivity contribution in [3.63, 3.8) is 0 Å². The second kappa shape index (κ2) is 15.4. The maximum Gasteiger partial charge on any atom is 0.0726 e. The van der Waals surface area contributed by atoms with E-state index in [4.69, 9.17) is 0 Å². The first-order valence-corrected chi connectivity index (χ1v) is 24.1. The van der Waals surface area contributed by atoms with Crippen molar-refractivity contribution in [3.8, 4) is 55.6 Å². The molecule has 0 saturated carbocycles. The van der Waals surface area contributed by atoms with Gasteiger partial charge >= 0.3 is 0 Å². The largest absolute Gasteiger partial charge is 0.310 e. The monoisotopic (exact) mass is 875 g/mol. The zero-order valence-corrected chi connectivity index (χ0v) is 37.9. The number of hydrogen-bond donors (Lipinski definition) is 0. The summed E-state index contributed by atoms with van der Waals surface area (Å²) in [6.07, 6.45) is 0. The van der Waals surface area contributed by atoms with E-state index in [0.717, 1.165) is 17.1 Å². The lowest BCUT2D eigenvalue weighted by Gasteiger charge is -2.35. The van der Waals surface area contributed by atoms with Crippen LogP contribution in [0.15, 0.2) is 273 Å². The van der Waals surface area contributed by atoms with Gasteiger partial charge in [0.25, 0.3) is 0 Å². The summed E-state index contributed by atoms with van der Waals surface area (Å²) in [7, 11) is 0.